The van der Waals surface area contributed by atoms with Crippen molar-refractivity contribution in [2.24, 2.45) is 0 Å². The minimum Gasteiger partial charge on any atom is -0.382 e. The van der Waals surface area contributed by atoms with Crippen LogP contribution in [0.15, 0.2) is 0 Å². The number of aliphatic hydroxyl groups is 1. The third-order valence-electron chi connectivity index (χ3n) is 1.53. The van der Waals surface area contributed by atoms with Crippen molar-refractivity contribution >= 4 is 5.97 Å². The molecule has 12 heavy (non-hydrogen) atoms. The van der Waals surface area contributed by atoms with E-state index in [0.29, 0.717) is 26.3 Å². The first-order valence-electron chi connectivity index (χ1n) is 3.92. The molecule has 0 aromatic carbocycles. The Bertz CT molecular complexity index is 153. The fraction of sp³-hybridized carbons (Fsp3) is 0.857. The molecule has 0 saturated carbocycles. The number of hydroxylamine groups is 2. The lowest BCUT2D eigenvalue weighted by Crippen LogP contribution is -2.39. The number of carbonyl (C=O) groups is 1. The molecule has 0 aliphatic carbocycles. The van der Waals surface area contributed by atoms with E-state index in [0.717, 1.165) is 0 Å². The first-order chi connectivity index (χ1) is 5.70. The van der Waals surface area contributed by atoms with Crippen molar-refractivity contribution in [2.45, 2.75) is 13.0 Å². The molecule has 1 saturated heterocycles. The Morgan fingerprint density at radius 2 is 2.17 bits per heavy atom. The van der Waals surface area contributed by atoms with E-state index in [2.05, 4.69) is 0 Å². The summed E-state index contributed by atoms with van der Waals surface area (Å²) >= 11 is 0. The second-order valence-electron chi connectivity index (χ2n) is 2.63. The molecule has 1 N–H and O–H groups in total. The molecule has 0 aromatic rings. The van der Waals surface area contributed by atoms with Gasteiger partial charge in [0.05, 0.1) is 26.3 Å². The number of aliphatic hydroxyl groups excluding tert-OH is 1. The van der Waals surface area contributed by atoms with Crippen molar-refractivity contribution in [1.82, 2.24) is 5.06 Å². The molecule has 0 spiro atoms. The van der Waals surface area contributed by atoms with Crippen molar-refractivity contribution in [3.8, 4) is 0 Å². The van der Waals surface area contributed by atoms with Crippen molar-refractivity contribution in [1.29, 1.82) is 0 Å². The summed E-state index contributed by atoms with van der Waals surface area (Å²) in [6, 6.07) is 0. The maximum absolute atomic E-state index is 10.9. The number of rotatable bonds is 2. The van der Waals surface area contributed by atoms with Crippen molar-refractivity contribution in [2.75, 3.05) is 26.3 Å². The summed E-state index contributed by atoms with van der Waals surface area (Å²) < 4.78 is 5.05. The van der Waals surface area contributed by atoms with E-state index in [-0.39, 0.29) is 0 Å². The minimum atomic E-state index is -1.06. The highest BCUT2D eigenvalue weighted by atomic mass is 16.7. The van der Waals surface area contributed by atoms with Gasteiger partial charge in [-0.1, -0.05) is 0 Å². The van der Waals surface area contributed by atoms with Crippen LogP contribution in [0.5, 0.6) is 0 Å². The number of morpholine rings is 1. The molecule has 1 atom stereocenters. The quantitative estimate of drug-likeness (QED) is 0.593. The maximum Gasteiger partial charge on any atom is 0.353 e. The third-order valence-corrected chi connectivity index (χ3v) is 1.53. The highest BCUT2D eigenvalue weighted by molar-refractivity contribution is 5.73. The Hall–Kier alpha value is -0.650. The van der Waals surface area contributed by atoms with Crippen LogP contribution in [0.25, 0.3) is 0 Å². The molecule has 1 rings (SSSR count). The first kappa shape index (κ1) is 9.44. The number of carbonyl (C=O) groups excluding carboxylic acids is 1. The van der Waals surface area contributed by atoms with Gasteiger partial charge in [-0.15, -0.1) is 5.06 Å². The van der Waals surface area contributed by atoms with Crippen LogP contribution in [0, 0.1) is 0 Å². The molecule has 1 unspecified atom stereocenters. The van der Waals surface area contributed by atoms with Gasteiger partial charge < -0.3 is 14.7 Å². The zero-order chi connectivity index (χ0) is 8.97. The van der Waals surface area contributed by atoms with Gasteiger partial charge in [-0.05, 0) is 6.92 Å². The van der Waals surface area contributed by atoms with E-state index in [1.54, 1.807) is 0 Å². The van der Waals surface area contributed by atoms with Crippen LogP contribution >= 0.6 is 0 Å². The molecule has 1 aliphatic heterocycles. The standard InChI is InChI=1S/C7H13NO4/c1-6(9)7(10)12-8-2-4-11-5-3-8/h6,9H,2-5H2,1H3. The highest BCUT2D eigenvalue weighted by Crippen LogP contribution is 1.99. The summed E-state index contributed by atoms with van der Waals surface area (Å²) in [5, 5.41) is 10.3. The van der Waals surface area contributed by atoms with Gasteiger partial charge in [0.2, 0.25) is 0 Å². The molecule has 5 nitrogen and oxygen atoms in total. The summed E-state index contributed by atoms with van der Waals surface area (Å²) in [6.07, 6.45) is -1.06. The van der Waals surface area contributed by atoms with E-state index in [9.17, 15) is 4.79 Å². The number of ether oxygens (including phenoxy) is 1. The lowest BCUT2D eigenvalue weighted by molar-refractivity contribution is -0.212. The van der Waals surface area contributed by atoms with E-state index in [4.69, 9.17) is 14.7 Å². The van der Waals surface area contributed by atoms with Gasteiger partial charge in [0.25, 0.3) is 0 Å². The van der Waals surface area contributed by atoms with Crippen LogP contribution in [0.3, 0.4) is 0 Å². The first-order valence-corrected chi connectivity index (χ1v) is 3.92. The largest absolute Gasteiger partial charge is 0.382 e. The summed E-state index contributed by atoms with van der Waals surface area (Å²) in [5.41, 5.74) is 0. The Kier molecular flexibility index (Phi) is 3.46. The summed E-state index contributed by atoms with van der Waals surface area (Å²) in [7, 11) is 0. The third kappa shape index (κ3) is 2.77. The second kappa shape index (κ2) is 4.39. The maximum atomic E-state index is 10.9. The Labute approximate surface area is 70.8 Å². The minimum absolute atomic E-state index is 0.563. The monoisotopic (exact) mass is 175 g/mol. The predicted molar refractivity (Wildman–Crippen MR) is 40.2 cm³/mol. The molecule has 0 radical (unpaired) electrons. The van der Waals surface area contributed by atoms with E-state index in [1.165, 1.54) is 12.0 Å². The fourth-order valence-electron chi connectivity index (χ4n) is 0.841. The molecule has 1 heterocycles. The van der Waals surface area contributed by atoms with Crippen LogP contribution in [0.2, 0.25) is 0 Å². The molecule has 1 fully saturated rings. The molecule has 0 aromatic heterocycles. The molecular weight excluding hydrogens is 162 g/mol. The zero-order valence-electron chi connectivity index (χ0n) is 7.02. The van der Waals surface area contributed by atoms with Crippen molar-refractivity contribution in [3.63, 3.8) is 0 Å². The van der Waals surface area contributed by atoms with E-state index < -0.39 is 12.1 Å². The topological polar surface area (TPSA) is 59.0 Å². The van der Waals surface area contributed by atoms with Crippen LogP contribution < -0.4 is 0 Å². The van der Waals surface area contributed by atoms with Crippen LogP contribution in [0.1, 0.15) is 6.92 Å². The Morgan fingerprint density at radius 3 is 2.67 bits per heavy atom. The van der Waals surface area contributed by atoms with Crippen LogP contribution in [-0.4, -0.2) is 48.5 Å². The van der Waals surface area contributed by atoms with Gasteiger partial charge >= 0.3 is 5.97 Å². The fourth-order valence-corrected chi connectivity index (χ4v) is 0.841. The van der Waals surface area contributed by atoms with Gasteiger partial charge in [0.15, 0.2) is 6.10 Å². The SMILES string of the molecule is CC(O)C(=O)ON1CCOCC1. The lowest BCUT2D eigenvalue weighted by Gasteiger charge is -2.25. The summed E-state index contributed by atoms with van der Waals surface area (Å²) in [5.74, 6) is -0.614. The van der Waals surface area contributed by atoms with Gasteiger partial charge in [-0.3, -0.25) is 0 Å². The van der Waals surface area contributed by atoms with E-state index >= 15 is 0 Å². The van der Waals surface area contributed by atoms with Crippen LogP contribution in [0.4, 0.5) is 0 Å². The Balaban J connectivity index is 2.24. The Morgan fingerprint density at radius 1 is 1.58 bits per heavy atom. The highest BCUT2D eigenvalue weighted by Gasteiger charge is 2.18. The van der Waals surface area contributed by atoms with Crippen LogP contribution in [-0.2, 0) is 14.4 Å². The van der Waals surface area contributed by atoms with Gasteiger partial charge in [0.1, 0.15) is 0 Å². The van der Waals surface area contributed by atoms with Gasteiger partial charge in [-0.2, -0.15) is 0 Å². The lowest BCUT2D eigenvalue weighted by atomic mass is 10.4. The molecular formula is C7H13NO4. The molecule has 1 aliphatic rings. The average molecular weight is 175 g/mol. The molecule has 0 amide bonds. The number of hydrogen-bond acceptors (Lipinski definition) is 5. The van der Waals surface area contributed by atoms with Crippen molar-refractivity contribution < 1.29 is 19.5 Å². The smallest absolute Gasteiger partial charge is 0.353 e. The molecule has 0 bridgehead atoms. The zero-order valence-corrected chi connectivity index (χ0v) is 7.02. The average Bonchev–Trinajstić information content (AvgIpc) is 2.06. The molecule has 70 valence electrons. The van der Waals surface area contributed by atoms with Gasteiger partial charge in [-0.25, -0.2) is 4.79 Å². The predicted octanol–water partition coefficient (Wildman–Crippen LogP) is -0.842. The van der Waals surface area contributed by atoms with Gasteiger partial charge in [0, 0.05) is 0 Å². The summed E-state index contributed by atoms with van der Waals surface area (Å²) in [6.45, 7) is 3.64. The molecule has 5 heteroatoms. The summed E-state index contributed by atoms with van der Waals surface area (Å²) in [4.78, 5) is 15.7. The van der Waals surface area contributed by atoms with Crippen molar-refractivity contribution in [3.05, 3.63) is 0 Å². The number of hydrogen-bond donors (Lipinski definition) is 1. The van der Waals surface area contributed by atoms with E-state index in [1.807, 2.05) is 0 Å². The number of nitrogens with zero attached hydrogens (tertiary/aromatic N) is 1. The normalized spacial score (nSPS) is 21.8. The second-order valence-corrected chi connectivity index (χ2v) is 2.63.